The third kappa shape index (κ3) is 2.55. The Morgan fingerprint density at radius 3 is 2.85 bits per heavy atom. The van der Waals surface area contributed by atoms with Gasteiger partial charge in [0.15, 0.2) is 5.65 Å². The van der Waals surface area contributed by atoms with Gasteiger partial charge >= 0.3 is 0 Å². The number of aromatic nitrogens is 4. The molecular weight excluding hydrogens is 252 g/mol. The highest BCUT2D eigenvalue weighted by Gasteiger charge is 2.45. The number of fused-ring (bicyclic) bond motifs is 1. The first-order chi connectivity index (χ1) is 9.60. The van der Waals surface area contributed by atoms with E-state index in [0.717, 1.165) is 42.3 Å². The van der Waals surface area contributed by atoms with E-state index < -0.39 is 0 Å². The van der Waals surface area contributed by atoms with Crippen molar-refractivity contribution in [1.82, 2.24) is 20.2 Å². The Hall–Kier alpha value is -1.85. The molecule has 0 spiro atoms. The van der Waals surface area contributed by atoms with Gasteiger partial charge in [0.1, 0.15) is 5.82 Å². The van der Waals surface area contributed by atoms with E-state index in [2.05, 4.69) is 51.6 Å². The Balaban J connectivity index is 1.78. The highest BCUT2D eigenvalue weighted by Crippen LogP contribution is 2.51. The van der Waals surface area contributed by atoms with Gasteiger partial charge in [0.25, 0.3) is 0 Å². The summed E-state index contributed by atoms with van der Waals surface area (Å²) in [6.45, 7) is 8.56. The molecule has 2 aromatic heterocycles. The fourth-order valence-electron chi connectivity index (χ4n) is 2.43. The third-order valence-electron chi connectivity index (χ3n) is 4.08. The quantitative estimate of drug-likeness (QED) is 0.754. The van der Waals surface area contributed by atoms with Crippen LogP contribution in [0.4, 0.5) is 11.8 Å². The van der Waals surface area contributed by atoms with E-state index in [-0.39, 0.29) is 0 Å². The van der Waals surface area contributed by atoms with Gasteiger partial charge in [0.2, 0.25) is 5.95 Å². The maximum absolute atomic E-state index is 4.56. The van der Waals surface area contributed by atoms with Crippen molar-refractivity contribution in [1.29, 1.82) is 0 Å². The molecule has 1 unspecified atom stereocenters. The van der Waals surface area contributed by atoms with Gasteiger partial charge in [0.05, 0.1) is 11.6 Å². The van der Waals surface area contributed by atoms with Gasteiger partial charge in [-0.15, -0.1) is 0 Å². The molecule has 20 heavy (non-hydrogen) atoms. The molecule has 1 atom stereocenters. The van der Waals surface area contributed by atoms with Crippen molar-refractivity contribution >= 4 is 22.8 Å². The van der Waals surface area contributed by atoms with Crippen molar-refractivity contribution in [2.45, 2.75) is 33.6 Å². The second kappa shape index (κ2) is 4.92. The molecule has 1 aliphatic carbocycles. The molecule has 2 aromatic rings. The number of nitrogens with one attached hydrogen (secondary N) is 3. The molecule has 0 aliphatic heterocycles. The molecule has 6 nitrogen and oxygen atoms in total. The summed E-state index contributed by atoms with van der Waals surface area (Å²) in [5.74, 6) is 2.25. The molecule has 3 N–H and O–H groups in total. The maximum Gasteiger partial charge on any atom is 0.226 e. The van der Waals surface area contributed by atoms with E-state index in [1.165, 1.54) is 6.42 Å². The lowest BCUT2D eigenvalue weighted by Crippen LogP contribution is -2.11. The van der Waals surface area contributed by atoms with Gasteiger partial charge in [-0.25, -0.2) is 0 Å². The number of hydrogen-bond donors (Lipinski definition) is 3. The van der Waals surface area contributed by atoms with Crippen LogP contribution in [0.2, 0.25) is 0 Å². The van der Waals surface area contributed by atoms with Crippen LogP contribution in [-0.2, 0) is 0 Å². The molecule has 0 bridgehead atoms. The number of H-pyrrole nitrogens is 1. The van der Waals surface area contributed by atoms with E-state index in [0.29, 0.717) is 11.4 Å². The van der Waals surface area contributed by atoms with Crippen molar-refractivity contribution in [2.24, 2.45) is 11.3 Å². The zero-order valence-electron chi connectivity index (χ0n) is 12.3. The van der Waals surface area contributed by atoms with Gasteiger partial charge in [-0.3, -0.25) is 5.10 Å². The summed E-state index contributed by atoms with van der Waals surface area (Å²) >= 11 is 0. The normalized spacial score (nSPS) is 20.1. The maximum atomic E-state index is 4.56. The lowest BCUT2D eigenvalue weighted by molar-refractivity contribution is 0.573. The summed E-state index contributed by atoms with van der Waals surface area (Å²) in [6, 6.07) is 0. The minimum absolute atomic E-state index is 0.471. The average Bonchev–Trinajstić information content (AvgIpc) is 2.84. The molecule has 0 saturated heterocycles. The summed E-state index contributed by atoms with van der Waals surface area (Å²) in [4.78, 5) is 8.99. The first kappa shape index (κ1) is 13.1. The van der Waals surface area contributed by atoms with Crippen LogP contribution < -0.4 is 10.6 Å². The van der Waals surface area contributed by atoms with Crippen molar-refractivity contribution in [3.63, 3.8) is 0 Å². The van der Waals surface area contributed by atoms with Gasteiger partial charge < -0.3 is 10.6 Å². The third-order valence-corrected chi connectivity index (χ3v) is 4.08. The predicted molar refractivity (Wildman–Crippen MR) is 80.8 cm³/mol. The topological polar surface area (TPSA) is 78.5 Å². The fourth-order valence-corrected chi connectivity index (χ4v) is 2.43. The van der Waals surface area contributed by atoms with E-state index in [1.807, 2.05) is 0 Å². The van der Waals surface area contributed by atoms with Crippen LogP contribution >= 0.6 is 0 Å². The van der Waals surface area contributed by atoms with Crippen molar-refractivity contribution < 1.29 is 0 Å². The van der Waals surface area contributed by atoms with Crippen LogP contribution in [0, 0.1) is 11.3 Å². The smallest absolute Gasteiger partial charge is 0.226 e. The summed E-state index contributed by atoms with van der Waals surface area (Å²) in [6.07, 6.45) is 4.10. The Morgan fingerprint density at radius 1 is 1.35 bits per heavy atom. The zero-order chi connectivity index (χ0) is 14.2. The minimum atomic E-state index is 0.471. The van der Waals surface area contributed by atoms with Gasteiger partial charge in [-0.05, 0) is 24.2 Å². The average molecular weight is 274 g/mol. The Labute approximate surface area is 118 Å². The van der Waals surface area contributed by atoms with E-state index in [4.69, 9.17) is 0 Å². The SMILES string of the molecule is CCCNc1nc(NCC2CC2(C)C)c2cn[nH]c2n1. The molecule has 2 heterocycles. The van der Waals surface area contributed by atoms with Crippen LogP contribution in [0.3, 0.4) is 0 Å². The second-order valence-corrected chi connectivity index (χ2v) is 6.23. The lowest BCUT2D eigenvalue weighted by Gasteiger charge is -2.10. The monoisotopic (exact) mass is 274 g/mol. The lowest BCUT2D eigenvalue weighted by atomic mass is 10.1. The Kier molecular flexibility index (Phi) is 3.23. The van der Waals surface area contributed by atoms with Gasteiger partial charge in [-0.2, -0.15) is 15.1 Å². The molecule has 1 fully saturated rings. The molecular formula is C14H22N6. The number of rotatable bonds is 6. The molecule has 1 saturated carbocycles. The summed E-state index contributed by atoms with van der Waals surface area (Å²) < 4.78 is 0. The van der Waals surface area contributed by atoms with E-state index in [9.17, 15) is 0 Å². The van der Waals surface area contributed by atoms with Crippen LogP contribution in [0.25, 0.3) is 11.0 Å². The molecule has 0 radical (unpaired) electrons. The summed E-state index contributed by atoms with van der Waals surface area (Å²) in [5, 5.41) is 14.6. The zero-order valence-corrected chi connectivity index (χ0v) is 12.3. The first-order valence-electron chi connectivity index (χ1n) is 7.29. The largest absolute Gasteiger partial charge is 0.369 e. The molecule has 1 aliphatic rings. The van der Waals surface area contributed by atoms with Crippen LogP contribution in [0.1, 0.15) is 33.6 Å². The van der Waals surface area contributed by atoms with Crippen LogP contribution in [0.15, 0.2) is 6.20 Å². The number of hydrogen-bond acceptors (Lipinski definition) is 5. The molecule has 0 amide bonds. The van der Waals surface area contributed by atoms with Crippen LogP contribution in [0.5, 0.6) is 0 Å². The Bertz CT molecular complexity index is 603. The number of nitrogens with zero attached hydrogens (tertiary/aromatic N) is 3. The molecule has 3 rings (SSSR count). The van der Waals surface area contributed by atoms with Gasteiger partial charge in [0, 0.05) is 13.1 Å². The van der Waals surface area contributed by atoms with Crippen molar-refractivity contribution in [3.8, 4) is 0 Å². The van der Waals surface area contributed by atoms with Crippen molar-refractivity contribution in [3.05, 3.63) is 6.20 Å². The highest BCUT2D eigenvalue weighted by atomic mass is 15.2. The molecule has 0 aromatic carbocycles. The highest BCUT2D eigenvalue weighted by molar-refractivity contribution is 5.86. The Morgan fingerprint density at radius 2 is 2.15 bits per heavy atom. The minimum Gasteiger partial charge on any atom is -0.369 e. The fraction of sp³-hybridized carbons (Fsp3) is 0.643. The summed E-state index contributed by atoms with van der Waals surface area (Å²) in [5.41, 5.74) is 1.25. The molecule has 108 valence electrons. The van der Waals surface area contributed by atoms with E-state index in [1.54, 1.807) is 6.20 Å². The predicted octanol–water partition coefficient (Wildman–Crippen LogP) is 2.63. The van der Waals surface area contributed by atoms with Crippen molar-refractivity contribution in [2.75, 3.05) is 23.7 Å². The number of anilines is 2. The molecule has 6 heteroatoms. The number of aromatic amines is 1. The van der Waals surface area contributed by atoms with Gasteiger partial charge in [-0.1, -0.05) is 20.8 Å². The first-order valence-corrected chi connectivity index (χ1v) is 7.29. The second-order valence-electron chi connectivity index (χ2n) is 6.23. The standard InChI is InChI=1S/C14H22N6/c1-4-5-15-13-18-11(10-8-17-20-12(10)19-13)16-7-9-6-14(9,2)3/h8-9H,4-7H2,1-3H3,(H3,15,16,17,18,19,20). The summed E-state index contributed by atoms with van der Waals surface area (Å²) in [7, 11) is 0. The van der Waals surface area contributed by atoms with Crippen LogP contribution in [-0.4, -0.2) is 33.3 Å². The van der Waals surface area contributed by atoms with E-state index >= 15 is 0 Å².